The van der Waals surface area contributed by atoms with Gasteiger partial charge in [-0.25, -0.2) is 0 Å². The van der Waals surface area contributed by atoms with Crippen molar-refractivity contribution in [2.24, 2.45) is 4.99 Å². The molecule has 2 aromatic rings. The number of hydrogen-bond donors (Lipinski definition) is 0. The summed E-state index contributed by atoms with van der Waals surface area (Å²) in [5.74, 6) is 0.772. The van der Waals surface area contributed by atoms with Crippen LogP contribution in [0.15, 0.2) is 47.5 Å². The van der Waals surface area contributed by atoms with Gasteiger partial charge in [-0.2, -0.15) is 0 Å². The lowest BCUT2D eigenvalue weighted by Gasteiger charge is -2.01. The van der Waals surface area contributed by atoms with Gasteiger partial charge in [0.2, 0.25) is 0 Å². The minimum atomic E-state index is -0.425. The van der Waals surface area contributed by atoms with E-state index in [0.29, 0.717) is 5.69 Å². The van der Waals surface area contributed by atoms with Gasteiger partial charge < -0.3 is 4.74 Å². The molecule has 0 aliphatic rings. The summed E-state index contributed by atoms with van der Waals surface area (Å²) in [4.78, 5) is 14.6. The maximum Gasteiger partial charge on any atom is 0.271 e. The molecule has 5 nitrogen and oxygen atoms in total. The lowest BCUT2D eigenvalue weighted by molar-refractivity contribution is -0.384. The van der Waals surface area contributed by atoms with Crippen LogP contribution in [0.2, 0.25) is 0 Å². The van der Waals surface area contributed by atoms with Gasteiger partial charge >= 0.3 is 0 Å². The minimum Gasteiger partial charge on any atom is -0.497 e. The average molecular weight is 270 g/mol. The van der Waals surface area contributed by atoms with Gasteiger partial charge in [-0.15, -0.1) is 0 Å². The van der Waals surface area contributed by atoms with Gasteiger partial charge in [0.05, 0.1) is 17.7 Å². The zero-order valence-corrected chi connectivity index (χ0v) is 11.2. The molecule has 2 aromatic carbocycles. The standard InChI is InChI=1S/C15H14N2O3/c1-11-3-6-13(17(18)19)9-15(11)16-10-12-4-7-14(20-2)8-5-12/h3-10H,1-2H3. The minimum absolute atomic E-state index is 0.0393. The molecular weight excluding hydrogens is 256 g/mol. The van der Waals surface area contributed by atoms with Gasteiger partial charge in [-0.1, -0.05) is 6.07 Å². The SMILES string of the molecule is COc1ccc(C=Nc2cc([N+](=O)[O-])ccc2C)cc1. The van der Waals surface area contributed by atoms with E-state index < -0.39 is 4.92 Å². The normalized spacial score (nSPS) is 10.7. The van der Waals surface area contributed by atoms with Crippen LogP contribution in [0.25, 0.3) is 0 Å². The Kier molecular flexibility index (Phi) is 4.10. The molecule has 0 unspecified atom stereocenters. The van der Waals surface area contributed by atoms with Gasteiger partial charge in [0.1, 0.15) is 5.75 Å². The second-order valence-electron chi connectivity index (χ2n) is 4.26. The molecule has 0 saturated heterocycles. The Morgan fingerprint density at radius 1 is 1.20 bits per heavy atom. The summed E-state index contributed by atoms with van der Waals surface area (Å²) < 4.78 is 5.07. The second-order valence-corrected chi connectivity index (χ2v) is 4.26. The van der Waals surface area contributed by atoms with Gasteiger partial charge in [-0.05, 0) is 42.3 Å². The summed E-state index contributed by atoms with van der Waals surface area (Å²) in [6.45, 7) is 1.87. The summed E-state index contributed by atoms with van der Waals surface area (Å²) in [7, 11) is 1.61. The summed E-state index contributed by atoms with van der Waals surface area (Å²) in [6, 6.07) is 12.0. The van der Waals surface area contributed by atoms with Crippen LogP contribution in [-0.4, -0.2) is 18.2 Å². The molecule has 0 radical (unpaired) electrons. The summed E-state index contributed by atoms with van der Waals surface area (Å²) >= 11 is 0. The number of nitro groups is 1. The van der Waals surface area contributed by atoms with Gasteiger partial charge in [0.15, 0.2) is 0 Å². The third-order valence-corrected chi connectivity index (χ3v) is 2.87. The number of aliphatic imine (C=N–C) groups is 1. The zero-order valence-electron chi connectivity index (χ0n) is 11.2. The van der Waals surface area contributed by atoms with Crippen molar-refractivity contribution in [2.45, 2.75) is 6.92 Å². The fraction of sp³-hybridized carbons (Fsp3) is 0.133. The summed E-state index contributed by atoms with van der Waals surface area (Å²) in [5.41, 5.74) is 2.42. The number of benzene rings is 2. The van der Waals surface area contributed by atoms with E-state index >= 15 is 0 Å². The predicted octanol–water partition coefficient (Wildman–Crippen LogP) is 3.66. The molecule has 102 valence electrons. The second kappa shape index (κ2) is 5.97. The first-order valence-corrected chi connectivity index (χ1v) is 6.03. The fourth-order valence-corrected chi connectivity index (χ4v) is 1.68. The highest BCUT2D eigenvalue weighted by Crippen LogP contribution is 2.24. The highest BCUT2D eigenvalue weighted by Gasteiger charge is 2.07. The Bertz CT molecular complexity index is 649. The Morgan fingerprint density at radius 3 is 2.50 bits per heavy atom. The quantitative estimate of drug-likeness (QED) is 0.483. The lowest BCUT2D eigenvalue weighted by atomic mass is 10.2. The molecule has 0 atom stereocenters. The first kappa shape index (κ1) is 13.7. The molecule has 0 aliphatic heterocycles. The number of non-ortho nitro benzene ring substituents is 1. The van der Waals surface area contributed by atoms with Crippen molar-refractivity contribution in [3.05, 3.63) is 63.7 Å². The smallest absolute Gasteiger partial charge is 0.271 e. The van der Waals surface area contributed by atoms with Crippen molar-refractivity contribution in [2.75, 3.05) is 7.11 Å². The highest BCUT2D eigenvalue weighted by molar-refractivity contribution is 5.82. The van der Waals surface area contributed by atoms with Crippen LogP contribution in [0.4, 0.5) is 11.4 Å². The molecule has 0 spiro atoms. The van der Waals surface area contributed by atoms with Crippen molar-refractivity contribution in [3.8, 4) is 5.75 Å². The monoisotopic (exact) mass is 270 g/mol. The van der Waals surface area contributed by atoms with Gasteiger partial charge in [0.25, 0.3) is 5.69 Å². The van der Waals surface area contributed by atoms with Crippen LogP contribution in [0, 0.1) is 17.0 Å². The Morgan fingerprint density at radius 2 is 1.90 bits per heavy atom. The number of rotatable bonds is 4. The molecule has 0 N–H and O–H groups in total. The van der Waals surface area contributed by atoms with E-state index in [1.54, 1.807) is 19.4 Å². The Labute approximate surface area is 116 Å². The first-order valence-electron chi connectivity index (χ1n) is 6.03. The van der Waals surface area contributed by atoms with E-state index in [-0.39, 0.29) is 5.69 Å². The Balaban J connectivity index is 2.25. The summed E-state index contributed by atoms with van der Waals surface area (Å²) in [5, 5.41) is 10.7. The number of nitro benzene ring substituents is 1. The number of nitrogens with zero attached hydrogens (tertiary/aromatic N) is 2. The van der Waals surface area contributed by atoms with E-state index in [9.17, 15) is 10.1 Å². The van der Waals surface area contributed by atoms with Crippen LogP contribution in [-0.2, 0) is 0 Å². The molecule has 0 heterocycles. The van der Waals surface area contributed by atoms with Crippen LogP contribution in [0.3, 0.4) is 0 Å². The topological polar surface area (TPSA) is 64.7 Å². The van der Waals surface area contributed by atoms with Crippen molar-refractivity contribution >= 4 is 17.6 Å². The molecular formula is C15H14N2O3. The van der Waals surface area contributed by atoms with E-state index in [0.717, 1.165) is 16.9 Å². The molecule has 20 heavy (non-hydrogen) atoms. The van der Waals surface area contributed by atoms with Gasteiger partial charge in [0, 0.05) is 18.3 Å². The number of ether oxygens (including phenoxy) is 1. The van der Waals surface area contributed by atoms with Crippen molar-refractivity contribution in [3.63, 3.8) is 0 Å². The zero-order chi connectivity index (χ0) is 14.5. The maximum atomic E-state index is 10.7. The van der Waals surface area contributed by atoms with E-state index in [1.165, 1.54) is 12.1 Å². The van der Waals surface area contributed by atoms with E-state index in [4.69, 9.17) is 4.74 Å². The third-order valence-electron chi connectivity index (χ3n) is 2.87. The summed E-state index contributed by atoms with van der Waals surface area (Å²) in [6.07, 6.45) is 1.67. The first-order chi connectivity index (χ1) is 9.60. The molecule has 0 aliphatic carbocycles. The van der Waals surface area contributed by atoms with Crippen LogP contribution < -0.4 is 4.74 Å². The van der Waals surface area contributed by atoms with E-state index in [1.807, 2.05) is 31.2 Å². The Hall–Kier alpha value is -2.69. The highest BCUT2D eigenvalue weighted by atomic mass is 16.6. The maximum absolute atomic E-state index is 10.7. The van der Waals surface area contributed by atoms with Crippen molar-refractivity contribution in [1.29, 1.82) is 0 Å². The number of aryl methyl sites for hydroxylation is 1. The molecule has 5 heteroatoms. The van der Waals surface area contributed by atoms with Crippen LogP contribution >= 0.6 is 0 Å². The number of hydrogen-bond acceptors (Lipinski definition) is 4. The molecule has 0 fully saturated rings. The van der Waals surface area contributed by atoms with E-state index in [2.05, 4.69) is 4.99 Å². The third kappa shape index (κ3) is 3.20. The molecule has 0 bridgehead atoms. The lowest BCUT2D eigenvalue weighted by Crippen LogP contribution is -1.88. The molecule has 2 rings (SSSR count). The average Bonchev–Trinajstić information content (AvgIpc) is 2.46. The largest absolute Gasteiger partial charge is 0.497 e. The van der Waals surface area contributed by atoms with Crippen molar-refractivity contribution < 1.29 is 9.66 Å². The van der Waals surface area contributed by atoms with Crippen molar-refractivity contribution in [1.82, 2.24) is 0 Å². The predicted molar refractivity (Wildman–Crippen MR) is 78.1 cm³/mol. The molecule has 0 amide bonds. The molecule has 0 aromatic heterocycles. The fourth-order valence-electron chi connectivity index (χ4n) is 1.68. The van der Waals surface area contributed by atoms with Gasteiger partial charge in [-0.3, -0.25) is 15.1 Å². The van der Waals surface area contributed by atoms with Crippen LogP contribution in [0.1, 0.15) is 11.1 Å². The van der Waals surface area contributed by atoms with Crippen LogP contribution in [0.5, 0.6) is 5.75 Å². The number of methoxy groups -OCH3 is 1. The molecule has 0 saturated carbocycles.